The summed E-state index contributed by atoms with van der Waals surface area (Å²) < 4.78 is 10.9. The highest BCUT2D eigenvalue weighted by molar-refractivity contribution is 6.30. The topological polar surface area (TPSA) is 77.5 Å². The number of halogens is 1. The Morgan fingerprint density at radius 3 is 2.63 bits per heavy atom. The monoisotopic (exact) mass is 426 g/mol. The lowest BCUT2D eigenvalue weighted by Crippen LogP contribution is -2.34. The standard InChI is InChI=1S/C23H23ClN2O4/c1-4-29-23(28)16-8-9-19-18(11-16)21(30-13-22(27)25-14(2)3)12-20(26-19)15-6-5-7-17(24)10-15/h5-12,14H,4,13H2,1-3H3,(H,25,27). The summed E-state index contributed by atoms with van der Waals surface area (Å²) in [4.78, 5) is 28.9. The minimum Gasteiger partial charge on any atom is -0.483 e. The largest absolute Gasteiger partial charge is 0.483 e. The van der Waals surface area contributed by atoms with Crippen LogP contribution in [0.4, 0.5) is 0 Å². The molecule has 0 saturated carbocycles. The molecule has 2 aromatic carbocycles. The summed E-state index contributed by atoms with van der Waals surface area (Å²) in [7, 11) is 0. The van der Waals surface area contributed by atoms with E-state index >= 15 is 0 Å². The van der Waals surface area contributed by atoms with Gasteiger partial charge in [0, 0.05) is 28.1 Å². The molecular formula is C23H23ClN2O4. The summed E-state index contributed by atoms with van der Waals surface area (Å²) in [6.07, 6.45) is 0. The van der Waals surface area contributed by atoms with Gasteiger partial charge >= 0.3 is 5.97 Å². The van der Waals surface area contributed by atoms with Crippen LogP contribution in [-0.4, -0.2) is 36.1 Å². The fourth-order valence-electron chi connectivity index (χ4n) is 2.96. The molecule has 0 aliphatic carbocycles. The number of benzene rings is 2. The molecule has 156 valence electrons. The maximum Gasteiger partial charge on any atom is 0.338 e. The summed E-state index contributed by atoms with van der Waals surface area (Å²) >= 11 is 6.13. The molecule has 0 aliphatic rings. The van der Waals surface area contributed by atoms with Crippen molar-refractivity contribution in [2.24, 2.45) is 0 Å². The van der Waals surface area contributed by atoms with E-state index in [9.17, 15) is 9.59 Å². The number of carbonyl (C=O) groups is 2. The maximum atomic E-state index is 12.2. The molecule has 3 rings (SSSR count). The average Bonchev–Trinajstić information content (AvgIpc) is 2.71. The average molecular weight is 427 g/mol. The second-order valence-electron chi connectivity index (χ2n) is 6.98. The number of ether oxygens (including phenoxy) is 2. The van der Waals surface area contributed by atoms with E-state index in [4.69, 9.17) is 21.1 Å². The molecule has 3 aromatic rings. The Hall–Kier alpha value is -3.12. The van der Waals surface area contributed by atoms with E-state index in [0.29, 0.717) is 32.9 Å². The molecule has 0 saturated heterocycles. The number of aromatic nitrogens is 1. The lowest BCUT2D eigenvalue weighted by molar-refractivity contribution is -0.123. The van der Waals surface area contributed by atoms with Crippen molar-refractivity contribution >= 4 is 34.4 Å². The second-order valence-corrected chi connectivity index (χ2v) is 7.42. The normalized spacial score (nSPS) is 10.8. The van der Waals surface area contributed by atoms with Crippen molar-refractivity contribution in [3.8, 4) is 17.0 Å². The first-order valence-electron chi connectivity index (χ1n) is 9.67. The van der Waals surface area contributed by atoms with Crippen LogP contribution in [0.25, 0.3) is 22.2 Å². The summed E-state index contributed by atoms with van der Waals surface area (Å²) in [5, 5.41) is 3.99. The number of carbonyl (C=O) groups excluding carboxylic acids is 2. The summed E-state index contributed by atoms with van der Waals surface area (Å²) in [5.41, 5.74) is 2.47. The second kappa shape index (κ2) is 9.59. The SMILES string of the molecule is CCOC(=O)c1ccc2nc(-c3cccc(Cl)c3)cc(OCC(=O)NC(C)C)c2c1. The van der Waals surface area contributed by atoms with Gasteiger partial charge in [0.05, 0.1) is 23.4 Å². The Morgan fingerprint density at radius 2 is 1.93 bits per heavy atom. The number of pyridine rings is 1. The van der Waals surface area contributed by atoms with Gasteiger partial charge in [-0.25, -0.2) is 9.78 Å². The highest BCUT2D eigenvalue weighted by Crippen LogP contribution is 2.32. The van der Waals surface area contributed by atoms with Crippen LogP contribution in [0.3, 0.4) is 0 Å². The van der Waals surface area contributed by atoms with E-state index in [1.807, 2.05) is 26.0 Å². The van der Waals surface area contributed by atoms with Gasteiger partial charge in [-0.15, -0.1) is 0 Å². The fourth-order valence-corrected chi connectivity index (χ4v) is 3.15. The predicted octanol–water partition coefficient (Wildman–Crippen LogP) is 4.64. The molecule has 7 heteroatoms. The number of rotatable bonds is 7. The highest BCUT2D eigenvalue weighted by atomic mass is 35.5. The molecule has 0 fully saturated rings. The molecule has 1 amide bonds. The number of hydrogen-bond donors (Lipinski definition) is 1. The van der Waals surface area contributed by atoms with Crippen LogP contribution in [0.2, 0.25) is 5.02 Å². The van der Waals surface area contributed by atoms with Crippen molar-refractivity contribution in [3.05, 3.63) is 59.1 Å². The van der Waals surface area contributed by atoms with Gasteiger partial charge in [0.1, 0.15) is 5.75 Å². The maximum absolute atomic E-state index is 12.2. The predicted molar refractivity (Wildman–Crippen MR) is 117 cm³/mol. The third kappa shape index (κ3) is 5.27. The van der Waals surface area contributed by atoms with Crippen LogP contribution in [0.5, 0.6) is 5.75 Å². The number of nitrogens with zero attached hydrogens (tertiary/aromatic N) is 1. The van der Waals surface area contributed by atoms with Gasteiger partial charge < -0.3 is 14.8 Å². The molecular weight excluding hydrogens is 404 g/mol. The summed E-state index contributed by atoms with van der Waals surface area (Å²) in [6, 6.07) is 14.1. The van der Waals surface area contributed by atoms with Gasteiger partial charge in [-0.2, -0.15) is 0 Å². The van der Waals surface area contributed by atoms with Crippen molar-refractivity contribution in [1.29, 1.82) is 0 Å². The van der Waals surface area contributed by atoms with E-state index in [-0.39, 0.29) is 25.2 Å². The molecule has 0 spiro atoms. The number of esters is 1. The van der Waals surface area contributed by atoms with Crippen LogP contribution < -0.4 is 10.1 Å². The first-order chi connectivity index (χ1) is 14.4. The van der Waals surface area contributed by atoms with Crippen LogP contribution in [0.1, 0.15) is 31.1 Å². The molecule has 0 radical (unpaired) electrons. The van der Waals surface area contributed by atoms with Crippen LogP contribution in [0.15, 0.2) is 48.5 Å². The van der Waals surface area contributed by atoms with E-state index in [0.717, 1.165) is 5.56 Å². The zero-order valence-electron chi connectivity index (χ0n) is 17.1. The first kappa shape index (κ1) is 21.6. The van der Waals surface area contributed by atoms with Crippen molar-refractivity contribution < 1.29 is 19.1 Å². The Morgan fingerprint density at radius 1 is 1.13 bits per heavy atom. The summed E-state index contributed by atoms with van der Waals surface area (Å²) in [6.45, 7) is 5.63. The minimum absolute atomic E-state index is 0.00715. The molecule has 0 bridgehead atoms. The van der Waals surface area contributed by atoms with E-state index in [1.165, 1.54) is 0 Å². The summed E-state index contributed by atoms with van der Waals surface area (Å²) in [5.74, 6) is -0.220. The van der Waals surface area contributed by atoms with Gasteiger partial charge in [0.15, 0.2) is 6.61 Å². The molecule has 1 heterocycles. The van der Waals surface area contributed by atoms with Crippen LogP contribution in [-0.2, 0) is 9.53 Å². The fraction of sp³-hybridized carbons (Fsp3) is 0.261. The van der Waals surface area contributed by atoms with Crippen molar-refractivity contribution in [2.75, 3.05) is 13.2 Å². The van der Waals surface area contributed by atoms with E-state index < -0.39 is 5.97 Å². The molecule has 0 unspecified atom stereocenters. The number of nitrogens with one attached hydrogen (secondary N) is 1. The zero-order chi connectivity index (χ0) is 21.7. The lowest BCUT2D eigenvalue weighted by Gasteiger charge is -2.14. The molecule has 0 aliphatic heterocycles. The van der Waals surface area contributed by atoms with E-state index in [1.54, 1.807) is 43.3 Å². The molecule has 1 N–H and O–H groups in total. The Bertz CT molecular complexity index is 1080. The van der Waals surface area contributed by atoms with Crippen molar-refractivity contribution in [2.45, 2.75) is 26.8 Å². The van der Waals surface area contributed by atoms with Crippen LogP contribution >= 0.6 is 11.6 Å². The highest BCUT2D eigenvalue weighted by Gasteiger charge is 2.15. The van der Waals surface area contributed by atoms with E-state index in [2.05, 4.69) is 10.3 Å². The number of amides is 1. The zero-order valence-corrected chi connectivity index (χ0v) is 17.8. The Kier molecular flexibility index (Phi) is 6.90. The molecule has 6 nitrogen and oxygen atoms in total. The third-order valence-electron chi connectivity index (χ3n) is 4.21. The molecule has 1 aromatic heterocycles. The molecule has 30 heavy (non-hydrogen) atoms. The lowest BCUT2D eigenvalue weighted by atomic mass is 10.1. The van der Waals surface area contributed by atoms with Crippen molar-refractivity contribution in [3.63, 3.8) is 0 Å². The number of hydrogen-bond acceptors (Lipinski definition) is 5. The van der Waals surface area contributed by atoms with Gasteiger partial charge in [0.25, 0.3) is 5.91 Å². The minimum atomic E-state index is -0.429. The molecule has 0 atom stereocenters. The smallest absolute Gasteiger partial charge is 0.338 e. The van der Waals surface area contributed by atoms with Crippen LogP contribution in [0, 0.1) is 0 Å². The first-order valence-corrected chi connectivity index (χ1v) is 10.0. The van der Waals surface area contributed by atoms with Gasteiger partial charge in [-0.3, -0.25) is 4.79 Å². The van der Waals surface area contributed by atoms with Gasteiger partial charge in [0.2, 0.25) is 0 Å². The Balaban J connectivity index is 2.05. The van der Waals surface area contributed by atoms with Crippen molar-refractivity contribution in [1.82, 2.24) is 10.3 Å². The third-order valence-corrected chi connectivity index (χ3v) is 4.45. The Labute approximate surface area is 180 Å². The van der Waals surface area contributed by atoms with Gasteiger partial charge in [-0.1, -0.05) is 23.7 Å². The van der Waals surface area contributed by atoms with Gasteiger partial charge in [-0.05, 0) is 51.1 Å². The quantitative estimate of drug-likeness (QED) is 0.557. The number of fused-ring (bicyclic) bond motifs is 1.